The Labute approximate surface area is 211 Å². The molecule has 0 bridgehead atoms. The molecule has 5 rings (SSSR count). The highest BCUT2D eigenvalue weighted by molar-refractivity contribution is 8.14. The van der Waals surface area contributed by atoms with Crippen LogP contribution in [0, 0.1) is 12.7 Å². The van der Waals surface area contributed by atoms with Gasteiger partial charge in [0.1, 0.15) is 10.9 Å². The number of nitrogens with zero attached hydrogens (tertiary/aromatic N) is 3. The van der Waals surface area contributed by atoms with Gasteiger partial charge in [-0.1, -0.05) is 48.2 Å². The fourth-order valence-corrected chi connectivity index (χ4v) is 5.37. The molecule has 1 unspecified atom stereocenters. The molecule has 0 spiro atoms. The van der Waals surface area contributed by atoms with Gasteiger partial charge in [0.05, 0.1) is 23.7 Å². The van der Waals surface area contributed by atoms with Gasteiger partial charge in [-0.2, -0.15) is 5.10 Å². The summed E-state index contributed by atoms with van der Waals surface area (Å²) >= 11 is 1.61. The van der Waals surface area contributed by atoms with E-state index in [0.717, 1.165) is 33.1 Å². The van der Waals surface area contributed by atoms with Crippen LogP contribution in [-0.4, -0.2) is 34.4 Å². The second kappa shape index (κ2) is 9.87. The van der Waals surface area contributed by atoms with E-state index < -0.39 is 5.91 Å². The van der Waals surface area contributed by atoms with Crippen molar-refractivity contribution in [1.29, 1.82) is 0 Å². The summed E-state index contributed by atoms with van der Waals surface area (Å²) < 4.78 is 26.4. The lowest BCUT2D eigenvalue weighted by atomic mass is 10.0. The van der Waals surface area contributed by atoms with Crippen LogP contribution < -0.4 is 15.2 Å². The van der Waals surface area contributed by atoms with Crippen LogP contribution in [0.15, 0.2) is 77.8 Å². The van der Waals surface area contributed by atoms with Gasteiger partial charge in [-0.15, -0.1) is 0 Å². The Bertz CT molecular complexity index is 1450. The number of fused-ring (bicyclic) bond motifs is 1. The van der Waals surface area contributed by atoms with Gasteiger partial charge in [-0.05, 0) is 48.9 Å². The van der Waals surface area contributed by atoms with E-state index in [1.165, 1.54) is 12.1 Å². The van der Waals surface area contributed by atoms with Crippen molar-refractivity contribution in [2.24, 2.45) is 10.7 Å². The number of ether oxygens (including phenoxy) is 2. The second-order valence-corrected chi connectivity index (χ2v) is 9.25. The van der Waals surface area contributed by atoms with Crippen LogP contribution in [0.3, 0.4) is 0 Å². The smallest absolute Gasteiger partial charge is 0.255 e. The molecule has 9 heteroatoms. The number of thioether (sulfide) groups is 1. The second-order valence-electron chi connectivity index (χ2n) is 8.16. The van der Waals surface area contributed by atoms with Crippen molar-refractivity contribution in [3.63, 3.8) is 0 Å². The fourth-order valence-electron chi connectivity index (χ4n) is 4.06. The van der Waals surface area contributed by atoms with Crippen LogP contribution >= 0.6 is 11.8 Å². The van der Waals surface area contributed by atoms with Crippen LogP contribution in [0.1, 0.15) is 27.6 Å². The third-order valence-corrected chi connectivity index (χ3v) is 7.03. The summed E-state index contributed by atoms with van der Waals surface area (Å²) in [6, 6.07) is 21.7. The highest BCUT2D eigenvalue weighted by Gasteiger charge is 2.32. The minimum atomic E-state index is -0.568. The van der Waals surface area contributed by atoms with Crippen molar-refractivity contribution < 1.29 is 18.7 Å². The van der Waals surface area contributed by atoms with Gasteiger partial charge in [0.25, 0.3) is 5.91 Å². The number of nitrogens with two attached hydrogens (primary N) is 1. The van der Waals surface area contributed by atoms with E-state index in [1.54, 1.807) is 41.8 Å². The van der Waals surface area contributed by atoms with E-state index >= 15 is 0 Å². The Morgan fingerprint density at radius 2 is 1.83 bits per heavy atom. The third kappa shape index (κ3) is 4.57. The molecule has 0 saturated carbocycles. The average molecular weight is 503 g/mol. The maximum Gasteiger partial charge on any atom is 0.255 e. The molecule has 2 heterocycles. The lowest BCUT2D eigenvalue weighted by molar-refractivity contribution is -0.119. The summed E-state index contributed by atoms with van der Waals surface area (Å²) in [4.78, 5) is 16.2. The van der Waals surface area contributed by atoms with Gasteiger partial charge < -0.3 is 15.2 Å². The van der Waals surface area contributed by atoms with Crippen LogP contribution in [-0.2, 0) is 4.79 Å². The number of halogens is 1. The molecule has 0 fully saturated rings. The van der Waals surface area contributed by atoms with Gasteiger partial charge in [0.2, 0.25) is 0 Å². The number of benzene rings is 3. The van der Waals surface area contributed by atoms with Crippen molar-refractivity contribution >= 4 is 28.5 Å². The normalized spacial score (nSPS) is 14.6. The van der Waals surface area contributed by atoms with E-state index in [2.05, 4.69) is 0 Å². The number of aromatic nitrogens is 2. The first-order valence-electron chi connectivity index (χ1n) is 11.2. The molecule has 0 radical (unpaired) electrons. The first kappa shape index (κ1) is 23.6. The monoisotopic (exact) mass is 502 g/mol. The highest BCUT2D eigenvalue weighted by Crippen LogP contribution is 2.49. The summed E-state index contributed by atoms with van der Waals surface area (Å²) in [6.45, 7) is 1.70. The predicted octanol–water partition coefficient (Wildman–Crippen LogP) is 5.11. The molecular formula is C27H23FN4O3S. The third-order valence-electron chi connectivity index (χ3n) is 5.73. The molecule has 1 aliphatic rings. The summed E-state index contributed by atoms with van der Waals surface area (Å²) in [6.07, 6.45) is 0. The maximum absolute atomic E-state index is 13.6. The van der Waals surface area contributed by atoms with Crippen molar-refractivity contribution in [2.45, 2.75) is 12.2 Å². The molecule has 3 aromatic carbocycles. The molecule has 0 saturated heterocycles. The number of primary amides is 1. The number of aryl methyl sites for hydroxylation is 1. The first-order valence-corrected chi connectivity index (χ1v) is 12.1. The standard InChI is InChI=1S/C27H23FN4O3S/c1-16-24-25(18-8-13-21(22(14-18)34-2)35-15-23(29)33)36-27(17-6-4-3-5-7-17)30-26(24)32(31-16)20-11-9-19(28)10-12-20/h3-14,25H,15H2,1-2H3,(H2,29,33). The topological polar surface area (TPSA) is 91.7 Å². The molecule has 182 valence electrons. The molecule has 4 aromatic rings. The highest BCUT2D eigenvalue weighted by atomic mass is 32.2. The molecule has 2 N–H and O–H groups in total. The largest absolute Gasteiger partial charge is 0.493 e. The molecular weight excluding hydrogens is 479 g/mol. The van der Waals surface area contributed by atoms with Gasteiger partial charge in [0, 0.05) is 11.1 Å². The number of hydrogen-bond donors (Lipinski definition) is 1. The summed E-state index contributed by atoms with van der Waals surface area (Å²) in [5, 5.41) is 5.46. The molecule has 1 aromatic heterocycles. The fraction of sp³-hybridized carbons (Fsp3) is 0.148. The first-order chi connectivity index (χ1) is 17.4. The number of carbonyl (C=O) groups excluding carboxylic acids is 1. The number of carbonyl (C=O) groups is 1. The molecule has 1 amide bonds. The molecule has 7 nitrogen and oxygen atoms in total. The average Bonchev–Trinajstić information content (AvgIpc) is 3.24. The molecule has 0 aliphatic carbocycles. The van der Waals surface area contributed by atoms with Crippen molar-refractivity contribution in [3.8, 4) is 17.2 Å². The van der Waals surface area contributed by atoms with Crippen LogP contribution in [0.5, 0.6) is 11.5 Å². The van der Waals surface area contributed by atoms with E-state index in [4.69, 9.17) is 25.3 Å². The quantitative estimate of drug-likeness (QED) is 0.379. The zero-order valence-corrected chi connectivity index (χ0v) is 20.5. The summed E-state index contributed by atoms with van der Waals surface area (Å²) in [7, 11) is 1.55. The maximum atomic E-state index is 13.6. The SMILES string of the molecule is COc1cc(C2SC(c3ccccc3)=Nc3c2c(C)nn3-c2ccc(F)cc2)ccc1OCC(N)=O. The Morgan fingerprint density at radius 3 is 2.53 bits per heavy atom. The lowest BCUT2D eigenvalue weighted by Crippen LogP contribution is -2.20. The molecule has 1 atom stereocenters. The molecule has 36 heavy (non-hydrogen) atoms. The van der Waals surface area contributed by atoms with E-state index in [9.17, 15) is 9.18 Å². The predicted molar refractivity (Wildman–Crippen MR) is 138 cm³/mol. The zero-order chi connectivity index (χ0) is 25.2. The summed E-state index contributed by atoms with van der Waals surface area (Å²) in [5.41, 5.74) is 9.65. The number of rotatable bonds is 7. The van der Waals surface area contributed by atoms with Gasteiger partial charge >= 0.3 is 0 Å². The Balaban J connectivity index is 1.64. The van der Waals surface area contributed by atoms with Crippen molar-refractivity contribution in [1.82, 2.24) is 9.78 Å². The number of methoxy groups -OCH3 is 1. The molecule has 1 aliphatic heterocycles. The Morgan fingerprint density at radius 1 is 1.08 bits per heavy atom. The van der Waals surface area contributed by atoms with Crippen molar-refractivity contribution in [2.75, 3.05) is 13.7 Å². The number of hydrogen-bond acceptors (Lipinski definition) is 6. The van der Waals surface area contributed by atoms with E-state index in [1.807, 2.05) is 49.4 Å². The lowest BCUT2D eigenvalue weighted by Gasteiger charge is -2.24. The van der Waals surface area contributed by atoms with Crippen LogP contribution in [0.25, 0.3) is 5.69 Å². The van der Waals surface area contributed by atoms with E-state index in [-0.39, 0.29) is 17.7 Å². The number of aliphatic imine (C=N–C) groups is 1. The minimum Gasteiger partial charge on any atom is -0.493 e. The Kier molecular flexibility index (Phi) is 6.47. The summed E-state index contributed by atoms with van der Waals surface area (Å²) in [5.74, 6) is 0.722. The van der Waals surface area contributed by atoms with Crippen LogP contribution in [0.4, 0.5) is 10.2 Å². The van der Waals surface area contributed by atoms with Gasteiger partial charge in [-0.25, -0.2) is 14.1 Å². The van der Waals surface area contributed by atoms with Crippen LogP contribution in [0.2, 0.25) is 0 Å². The van der Waals surface area contributed by atoms with Crippen molar-refractivity contribution in [3.05, 3.63) is 101 Å². The van der Waals surface area contributed by atoms with Gasteiger partial charge in [0.15, 0.2) is 23.9 Å². The van der Waals surface area contributed by atoms with Gasteiger partial charge in [-0.3, -0.25) is 4.79 Å². The Hall–Kier alpha value is -4.11. The van der Waals surface area contributed by atoms with E-state index in [0.29, 0.717) is 17.3 Å². The zero-order valence-electron chi connectivity index (χ0n) is 19.6. The minimum absolute atomic E-state index is 0.152. The number of amides is 1.